The maximum Gasteiger partial charge on any atom is 0.261 e. The third-order valence-electron chi connectivity index (χ3n) is 6.87. The SMILES string of the molecule is CC(=O)Nc1ccc(C2Nc3ccc(S(=O)(=O)Nc4ccc(C)c(C)c4)cc3C3OCCC23)cc1. The zero-order chi connectivity index (χ0) is 24.7. The number of fused-ring (bicyclic) bond motifs is 3. The standard InChI is InChI=1S/C27H29N3O4S/c1-16-4-7-21(14-17(16)2)30-35(32,33)22-10-11-25-24(15-22)27-23(12-13-34-27)26(29-25)19-5-8-20(9-6-19)28-18(3)31/h4-11,14-15,23,26-27,29-30H,12-13H2,1-3H3,(H,28,31). The molecule has 3 N–H and O–H groups in total. The van der Waals surface area contributed by atoms with Crippen molar-refractivity contribution < 1.29 is 17.9 Å². The number of carbonyl (C=O) groups excluding carboxylic acids is 1. The van der Waals surface area contributed by atoms with Crippen LogP contribution >= 0.6 is 0 Å². The van der Waals surface area contributed by atoms with Gasteiger partial charge < -0.3 is 15.4 Å². The van der Waals surface area contributed by atoms with Crippen LogP contribution in [0.4, 0.5) is 17.1 Å². The van der Waals surface area contributed by atoms with Gasteiger partial charge in [-0.1, -0.05) is 18.2 Å². The summed E-state index contributed by atoms with van der Waals surface area (Å²) in [6.45, 7) is 6.06. The number of sulfonamides is 1. The van der Waals surface area contributed by atoms with Crippen LogP contribution in [0, 0.1) is 19.8 Å². The van der Waals surface area contributed by atoms with E-state index in [1.807, 2.05) is 56.3 Å². The lowest BCUT2D eigenvalue weighted by Gasteiger charge is -2.36. The van der Waals surface area contributed by atoms with Gasteiger partial charge in [-0.2, -0.15) is 0 Å². The number of aryl methyl sites for hydroxylation is 2. The third-order valence-corrected chi connectivity index (χ3v) is 8.24. The smallest absolute Gasteiger partial charge is 0.261 e. The molecule has 0 aliphatic carbocycles. The molecule has 3 atom stereocenters. The van der Waals surface area contributed by atoms with Crippen molar-refractivity contribution in [2.45, 2.75) is 44.2 Å². The Balaban J connectivity index is 1.43. The first-order chi connectivity index (χ1) is 16.7. The largest absolute Gasteiger partial charge is 0.378 e. The summed E-state index contributed by atoms with van der Waals surface area (Å²) >= 11 is 0. The Labute approximate surface area is 206 Å². The summed E-state index contributed by atoms with van der Waals surface area (Å²) in [4.78, 5) is 11.5. The highest BCUT2D eigenvalue weighted by Crippen LogP contribution is 2.50. The van der Waals surface area contributed by atoms with Crippen molar-refractivity contribution in [1.29, 1.82) is 0 Å². The molecule has 35 heavy (non-hydrogen) atoms. The minimum absolute atomic E-state index is 0.0255. The lowest BCUT2D eigenvalue weighted by Crippen LogP contribution is -2.29. The molecule has 0 spiro atoms. The van der Waals surface area contributed by atoms with Gasteiger partial charge >= 0.3 is 0 Å². The highest BCUT2D eigenvalue weighted by Gasteiger charge is 2.42. The first kappa shape index (κ1) is 23.4. The molecule has 0 aromatic heterocycles. The first-order valence-electron chi connectivity index (χ1n) is 11.7. The van der Waals surface area contributed by atoms with E-state index in [-0.39, 0.29) is 28.9 Å². The third kappa shape index (κ3) is 4.63. The predicted octanol–water partition coefficient (Wildman–Crippen LogP) is 5.31. The van der Waals surface area contributed by atoms with E-state index in [4.69, 9.17) is 4.74 Å². The van der Waals surface area contributed by atoms with E-state index in [1.165, 1.54) is 6.92 Å². The summed E-state index contributed by atoms with van der Waals surface area (Å²) in [6, 6.07) is 18.5. The molecule has 2 aliphatic heterocycles. The number of hydrogen-bond acceptors (Lipinski definition) is 5. The maximum atomic E-state index is 13.2. The molecule has 3 aromatic rings. The molecule has 1 amide bonds. The van der Waals surface area contributed by atoms with Gasteiger partial charge in [0.05, 0.1) is 17.0 Å². The number of rotatable bonds is 5. The minimum Gasteiger partial charge on any atom is -0.378 e. The molecule has 0 saturated carbocycles. The van der Waals surface area contributed by atoms with E-state index in [0.717, 1.165) is 40.0 Å². The Bertz CT molecular complexity index is 1390. The van der Waals surface area contributed by atoms with Crippen LogP contribution in [0.5, 0.6) is 0 Å². The second-order valence-corrected chi connectivity index (χ2v) is 11.0. The Hall–Kier alpha value is -3.36. The first-order valence-corrected chi connectivity index (χ1v) is 13.2. The molecule has 3 unspecified atom stereocenters. The lowest BCUT2D eigenvalue weighted by molar-refractivity contribution is -0.114. The Morgan fingerprint density at radius 2 is 1.71 bits per heavy atom. The number of hydrogen-bond donors (Lipinski definition) is 3. The van der Waals surface area contributed by atoms with Gasteiger partial charge in [0.1, 0.15) is 0 Å². The molecule has 1 saturated heterocycles. The van der Waals surface area contributed by atoms with Gasteiger partial charge in [0.2, 0.25) is 5.91 Å². The number of nitrogens with one attached hydrogen (secondary N) is 3. The molecule has 1 fully saturated rings. The molecule has 8 heteroatoms. The molecular formula is C27H29N3O4S. The quantitative estimate of drug-likeness (QED) is 0.450. The second-order valence-electron chi connectivity index (χ2n) is 9.32. The van der Waals surface area contributed by atoms with E-state index in [1.54, 1.807) is 18.2 Å². The number of carbonyl (C=O) groups is 1. The van der Waals surface area contributed by atoms with Gasteiger partial charge in [0.25, 0.3) is 10.0 Å². The fourth-order valence-corrected chi connectivity index (χ4v) is 6.03. The Morgan fingerprint density at radius 3 is 2.43 bits per heavy atom. The fourth-order valence-electron chi connectivity index (χ4n) is 4.94. The van der Waals surface area contributed by atoms with Crippen molar-refractivity contribution in [2.75, 3.05) is 22.0 Å². The van der Waals surface area contributed by atoms with E-state index in [9.17, 15) is 13.2 Å². The zero-order valence-electron chi connectivity index (χ0n) is 20.0. The summed E-state index contributed by atoms with van der Waals surface area (Å²) in [7, 11) is -3.75. The van der Waals surface area contributed by atoms with Gasteiger partial charge in [0, 0.05) is 42.1 Å². The summed E-state index contributed by atoms with van der Waals surface area (Å²) < 4.78 is 35.2. The van der Waals surface area contributed by atoms with E-state index >= 15 is 0 Å². The average Bonchev–Trinajstić information content (AvgIpc) is 3.31. The molecule has 0 bridgehead atoms. The van der Waals surface area contributed by atoms with Crippen LogP contribution < -0.4 is 15.4 Å². The van der Waals surface area contributed by atoms with Crippen LogP contribution in [0.15, 0.2) is 65.6 Å². The van der Waals surface area contributed by atoms with Gasteiger partial charge in [-0.15, -0.1) is 0 Å². The van der Waals surface area contributed by atoms with Gasteiger partial charge in [-0.3, -0.25) is 9.52 Å². The molecule has 7 nitrogen and oxygen atoms in total. The Morgan fingerprint density at radius 1 is 0.971 bits per heavy atom. The zero-order valence-corrected chi connectivity index (χ0v) is 20.8. The van der Waals surface area contributed by atoms with E-state index in [0.29, 0.717) is 12.3 Å². The van der Waals surface area contributed by atoms with Crippen LogP contribution in [0.1, 0.15) is 47.7 Å². The maximum absolute atomic E-state index is 13.2. The molecule has 0 radical (unpaired) electrons. The normalized spacial score (nSPS) is 20.9. The number of anilines is 3. The summed E-state index contributed by atoms with van der Waals surface area (Å²) in [5.74, 6) is 0.0595. The van der Waals surface area contributed by atoms with Crippen LogP contribution in [-0.2, 0) is 19.6 Å². The lowest BCUT2D eigenvalue weighted by atomic mass is 9.81. The van der Waals surface area contributed by atoms with Crippen molar-refractivity contribution in [3.63, 3.8) is 0 Å². The average molecular weight is 492 g/mol. The van der Waals surface area contributed by atoms with Crippen molar-refractivity contribution in [3.05, 3.63) is 82.9 Å². The van der Waals surface area contributed by atoms with Gasteiger partial charge in [-0.25, -0.2) is 8.42 Å². The predicted molar refractivity (Wildman–Crippen MR) is 137 cm³/mol. The number of amides is 1. The van der Waals surface area contributed by atoms with Crippen molar-refractivity contribution >= 4 is 33.0 Å². The minimum atomic E-state index is -3.75. The highest BCUT2D eigenvalue weighted by atomic mass is 32.2. The molecule has 3 aromatic carbocycles. The topological polar surface area (TPSA) is 96.5 Å². The number of benzene rings is 3. The van der Waals surface area contributed by atoms with E-state index in [2.05, 4.69) is 15.4 Å². The molecule has 2 heterocycles. The number of ether oxygens (including phenoxy) is 1. The van der Waals surface area contributed by atoms with Crippen LogP contribution in [0.2, 0.25) is 0 Å². The molecule has 2 aliphatic rings. The molecule has 182 valence electrons. The van der Waals surface area contributed by atoms with E-state index < -0.39 is 10.0 Å². The Kier molecular flexibility index (Phi) is 6.02. The summed E-state index contributed by atoms with van der Waals surface area (Å²) in [5, 5.41) is 6.40. The fraction of sp³-hybridized carbons (Fsp3) is 0.296. The summed E-state index contributed by atoms with van der Waals surface area (Å²) in [6.07, 6.45) is 0.677. The van der Waals surface area contributed by atoms with Gasteiger partial charge in [-0.05, 0) is 79.4 Å². The van der Waals surface area contributed by atoms with Crippen molar-refractivity contribution in [2.24, 2.45) is 5.92 Å². The van der Waals surface area contributed by atoms with Gasteiger partial charge in [0.15, 0.2) is 0 Å². The van der Waals surface area contributed by atoms with Crippen molar-refractivity contribution in [3.8, 4) is 0 Å². The summed E-state index contributed by atoms with van der Waals surface area (Å²) in [5.41, 5.74) is 6.26. The van der Waals surface area contributed by atoms with Crippen LogP contribution in [0.3, 0.4) is 0 Å². The molecular weight excluding hydrogens is 462 g/mol. The van der Waals surface area contributed by atoms with Crippen molar-refractivity contribution in [1.82, 2.24) is 0 Å². The van der Waals surface area contributed by atoms with Crippen LogP contribution in [-0.4, -0.2) is 20.9 Å². The highest BCUT2D eigenvalue weighted by molar-refractivity contribution is 7.92. The van der Waals surface area contributed by atoms with Crippen LogP contribution in [0.25, 0.3) is 0 Å². The molecule has 5 rings (SSSR count). The monoisotopic (exact) mass is 491 g/mol. The second kappa shape index (κ2) is 9.02.